The predicted octanol–water partition coefficient (Wildman–Crippen LogP) is 8.71. The van der Waals surface area contributed by atoms with Gasteiger partial charge in [0.25, 0.3) is 0 Å². The van der Waals surface area contributed by atoms with Crippen LogP contribution in [0.25, 0.3) is 17.2 Å². The van der Waals surface area contributed by atoms with E-state index in [1.54, 1.807) is 6.08 Å². The van der Waals surface area contributed by atoms with Crippen LogP contribution in [0.5, 0.6) is 5.75 Å². The minimum Gasteiger partial charge on any atom is -0.489 e. The van der Waals surface area contributed by atoms with E-state index in [0.717, 1.165) is 58.3 Å². The lowest BCUT2D eigenvalue weighted by Gasteiger charge is -2.57. The molecule has 0 aromatic heterocycles. The number of aryl methyl sites for hydroxylation is 1. The Hall–Kier alpha value is -3.04. The molecule has 0 spiro atoms. The van der Waals surface area contributed by atoms with Crippen LogP contribution in [0, 0.1) is 17.8 Å². The molecular formula is C34H35ClO3. The van der Waals surface area contributed by atoms with E-state index in [9.17, 15) is 4.79 Å². The molecule has 4 saturated carbocycles. The standard InChI is InChI=1S/C34H35ClO3/c1-2-26-17-31(35)28(9-11-33(36)37)15-29(26)27-8-10-32(38-21-22-6-4-3-5-7-22)30(16-27)34-18-23-12-24(19-34)14-25(13-23)20-34/h3-11,15-17,23-25H,2,12-14,18-21H2,1H3,(H,36,37). The number of hydrogen-bond acceptors (Lipinski definition) is 2. The number of halogens is 1. The molecule has 3 aromatic carbocycles. The Morgan fingerprint density at radius 3 is 2.32 bits per heavy atom. The molecule has 38 heavy (non-hydrogen) atoms. The second-order valence-electron chi connectivity index (χ2n) is 11.7. The molecule has 1 N–H and O–H groups in total. The van der Waals surface area contributed by atoms with Gasteiger partial charge >= 0.3 is 5.97 Å². The van der Waals surface area contributed by atoms with Crippen molar-refractivity contribution in [2.24, 2.45) is 17.8 Å². The SMILES string of the molecule is CCc1cc(Cl)c(C=CC(=O)O)cc1-c1ccc(OCc2ccccc2)c(C23CC4CC(CC(C4)C2)C3)c1. The molecule has 4 fully saturated rings. The molecule has 0 aliphatic heterocycles. The fourth-order valence-electron chi connectivity index (χ4n) is 7.89. The quantitative estimate of drug-likeness (QED) is 0.298. The highest BCUT2D eigenvalue weighted by Crippen LogP contribution is 2.62. The van der Waals surface area contributed by atoms with E-state index in [-0.39, 0.29) is 5.41 Å². The van der Waals surface area contributed by atoms with Crippen LogP contribution in [0.4, 0.5) is 0 Å². The Kier molecular flexibility index (Phi) is 6.82. The monoisotopic (exact) mass is 526 g/mol. The van der Waals surface area contributed by atoms with Crippen molar-refractivity contribution in [3.8, 4) is 16.9 Å². The van der Waals surface area contributed by atoms with Gasteiger partial charge in [0.05, 0.1) is 0 Å². The average Bonchev–Trinajstić information content (AvgIpc) is 2.90. The molecule has 3 nitrogen and oxygen atoms in total. The molecular weight excluding hydrogens is 492 g/mol. The molecule has 4 bridgehead atoms. The molecule has 196 valence electrons. The van der Waals surface area contributed by atoms with Crippen LogP contribution in [0.2, 0.25) is 5.02 Å². The van der Waals surface area contributed by atoms with E-state index in [0.29, 0.717) is 11.6 Å². The van der Waals surface area contributed by atoms with E-state index in [1.165, 1.54) is 49.7 Å². The van der Waals surface area contributed by atoms with Gasteiger partial charge in [-0.1, -0.05) is 54.9 Å². The number of carbonyl (C=O) groups is 1. The molecule has 7 rings (SSSR count). The van der Waals surface area contributed by atoms with Gasteiger partial charge in [-0.25, -0.2) is 4.79 Å². The fourth-order valence-corrected chi connectivity index (χ4v) is 8.14. The van der Waals surface area contributed by atoms with E-state index in [4.69, 9.17) is 21.4 Å². The molecule has 0 heterocycles. The van der Waals surface area contributed by atoms with Crippen molar-refractivity contribution in [2.45, 2.75) is 63.9 Å². The maximum Gasteiger partial charge on any atom is 0.328 e. The van der Waals surface area contributed by atoms with Crippen LogP contribution in [0.1, 0.15) is 67.7 Å². The van der Waals surface area contributed by atoms with Crippen LogP contribution in [-0.2, 0) is 23.2 Å². The minimum atomic E-state index is -0.980. The number of carboxylic acids is 1. The summed E-state index contributed by atoms with van der Waals surface area (Å²) in [6.07, 6.45) is 11.6. The number of rotatable bonds is 8. The third kappa shape index (κ3) is 4.89. The lowest BCUT2D eigenvalue weighted by molar-refractivity contribution is -0.131. The summed E-state index contributed by atoms with van der Waals surface area (Å²) >= 11 is 6.55. The summed E-state index contributed by atoms with van der Waals surface area (Å²) in [7, 11) is 0. The second-order valence-corrected chi connectivity index (χ2v) is 12.1. The number of aliphatic carboxylic acids is 1. The maximum absolute atomic E-state index is 11.2. The number of hydrogen-bond donors (Lipinski definition) is 1. The molecule has 4 aliphatic rings. The van der Waals surface area contributed by atoms with E-state index >= 15 is 0 Å². The Morgan fingerprint density at radius 2 is 1.68 bits per heavy atom. The van der Waals surface area contributed by atoms with E-state index in [1.807, 2.05) is 18.2 Å². The van der Waals surface area contributed by atoms with Crippen molar-refractivity contribution in [3.05, 3.63) is 94.0 Å². The Balaban J connectivity index is 1.44. The third-order valence-electron chi connectivity index (χ3n) is 9.15. The summed E-state index contributed by atoms with van der Waals surface area (Å²) in [6, 6.07) is 21.2. The lowest BCUT2D eigenvalue weighted by atomic mass is 9.48. The summed E-state index contributed by atoms with van der Waals surface area (Å²) in [5, 5.41) is 9.74. The summed E-state index contributed by atoms with van der Waals surface area (Å²) in [5.41, 5.74) is 6.88. The number of carboxylic acid groups (broad SMARTS) is 1. The Labute approximate surface area is 230 Å². The normalized spacial score (nSPS) is 25.7. The topological polar surface area (TPSA) is 46.5 Å². The van der Waals surface area contributed by atoms with Gasteiger partial charge in [-0.3, -0.25) is 0 Å². The van der Waals surface area contributed by atoms with Crippen molar-refractivity contribution >= 4 is 23.6 Å². The first-order chi connectivity index (χ1) is 18.4. The first-order valence-electron chi connectivity index (χ1n) is 14.0. The van der Waals surface area contributed by atoms with E-state index < -0.39 is 5.97 Å². The van der Waals surface area contributed by atoms with Gasteiger partial charge in [0.1, 0.15) is 12.4 Å². The van der Waals surface area contributed by atoms with Gasteiger partial charge in [0.2, 0.25) is 0 Å². The summed E-state index contributed by atoms with van der Waals surface area (Å²) < 4.78 is 6.57. The molecule has 4 aliphatic carbocycles. The summed E-state index contributed by atoms with van der Waals surface area (Å²) in [5.74, 6) is 2.54. The van der Waals surface area contributed by atoms with Gasteiger partial charge in [-0.15, -0.1) is 0 Å². The predicted molar refractivity (Wildman–Crippen MR) is 154 cm³/mol. The smallest absolute Gasteiger partial charge is 0.328 e. The molecule has 0 saturated heterocycles. The minimum absolute atomic E-state index is 0.182. The lowest BCUT2D eigenvalue weighted by Crippen LogP contribution is -2.48. The van der Waals surface area contributed by atoms with Crippen molar-refractivity contribution in [2.75, 3.05) is 0 Å². The first-order valence-corrected chi connectivity index (χ1v) is 14.4. The van der Waals surface area contributed by atoms with E-state index in [2.05, 4.69) is 49.4 Å². The van der Waals surface area contributed by atoms with Gasteiger partial charge in [-0.05, 0) is 126 Å². The van der Waals surface area contributed by atoms with Crippen LogP contribution >= 0.6 is 11.6 Å². The van der Waals surface area contributed by atoms with Crippen molar-refractivity contribution in [1.82, 2.24) is 0 Å². The largest absolute Gasteiger partial charge is 0.489 e. The van der Waals surface area contributed by atoms with Gasteiger partial charge in [0.15, 0.2) is 0 Å². The molecule has 0 radical (unpaired) electrons. The third-order valence-corrected chi connectivity index (χ3v) is 9.47. The van der Waals surface area contributed by atoms with Crippen molar-refractivity contribution in [3.63, 3.8) is 0 Å². The molecule has 0 unspecified atom stereocenters. The van der Waals surface area contributed by atoms with Crippen LogP contribution in [-0.4, -0.2) is 11.1 Å². The highest BCUT2D eigenvalue weighted by atomic mass is 35.5. The molecule has 3 aromatic rings. The highest BCUT2D eigenvalue weighted by molar-refractivity contribution is 6.32. The summed E-state index contributed by atoms with van der Waals surface area (Å²) in [4.78, 5) is 11.2. The molecule has 0 amide bonds. The van der Waals surface area contributed by atoms with Gasteiger partial charge in [0, 0.05) is 16.7 Å². The zero-order valence-electron chi connectivity index (χ0n) is 22.0. The molecule has 0 atom stereocenters. The Morgan fingerprint density at radius 1 is 1.00 bits per heavy atom. The summed E-state index contributed by atoms with van der Waals surface area (Å²) in [6.45, 7) is 2.70. The second kappa shape index (κ2) is 10.3. The van der Waals surface area contributed by atoms with Crippen LogP contribution in [0.15, 0.2) is 66.7 Å². The van der Waals surface area contributed by atoms with Crippen LogP contribution < -0.4 is 4.74 Å². The maximum atomic E-state index is 11.2. The first kappa shape index (κ1) is 25.2. The van der Waals surface area contributed by atoms with Gasteiger partial charge in [-0.2, -0.15) is 0 Å². The van der Waals surface area contributed by atoms with Crippen LogP contribution in [0.3, 0.4) is 0 Å². The van der Waals surface area contributed by atoms with Crippen molar-refractivity contribution < 1.29 is 14.6 Å². The van der Waals surface area contributed by atoms with Gasteiger partial charge < -0.3 is 9.84 Å². The number of ether oxygens (including phenoxy) is 1. The van der Waals surface area contributed by atoms with Crippen molar-refractivity contribution in [1.29, 1.82) is 0 Å². The number of benzene rings is 3. The molecule has 4 heteroatoms. The average molecular weight is 527 g/mol. The zero-order chi connectivity index (χ0) is 26.3. The highest BCUT2D eigenvalue weighted by Gasteiger charge is 2.52. The Bertz CT molecular complexity index is 1340. The zero-order valence-corrected chi connectivity index (χ0v) is 22.7. The fraction of sp³-hybridized carbons (Fsp3) is 0.382.